The van der Waals surface area contributed by atoms with Crippen LogP contribution >= 0.6 is 0 Å². The van der Waals surface area contributed by atoms with E-state index in [1.807, 2.05) is 0 Å². The number of methoxy groups -OCH3 is 1. The van der Waals surface area contributed by atoms with Gasteiger partial charge in [0, 0.05) is 0 Å². The van der Waals surface area contributed by atoms with Crippen LogP contribution in [0.3, 0.4) is 0 Å². The standard InChI is InChI=1S/C4H8FNO2/c1-8-4(7)3(6)2-5/h3H,2,6H2,1H3/t3-/m1/s1. The molecule has 8 heavy (non-hydrogen) atoms. The number of alkyl halides is 1. The quantitative estimate of drug-likeness (QED) is 0.499. The molecular weight excluding hydrogens is 113 g/mol. The van der Waals surface area contributed by atoms with E-state index in [1.54, 1.807) is 0 Å². The van der Waals surface area contributed by atoms with Gasteiger partial charge in [0.2, 0.25) is 0 Å². The molecule has 0 fully saturated rings. The summed E-state index contributed by atoms with van der Waals surface area (Å²) in [5.74, 6) is -0.715. The molecule has 1 atom stereocenters. The molecule has 0 aliphatic carbocycles. The first-order valence-corrected chi connectivity index (χ1v) is 2.11. The van der Waals surface area contributed by atoms with Crippen molar-refractivity contribution in [1.29, 1.82) is 0 Å². The van der Waals surface area contributed by atoms with E-state index >= 15 is 0 Å². The molecule has 0 spiro atoms. The zero-order chi connectivity index (χ0) is 6.57. The number of nitrogens with two attached hydrogens (primary N) is 1. The van der Waals surface area contributed by atoms with Crippen molar-refractivity contribution in [2.75, 3.05) is 13.8 Å². The van der Waals surface area contributed by atoms with Crippen LogP contribution in [0.2, 0.25) is 0 Å². The molecule has 0 radical (unpaired) electrons. The zero-order valence-corrected chi connectivity index (χ0v) is 4.56. The summed E-state index contributed by atoms with van der Waals surface area (Å²) < 4.78 is 15.5. The molecule has 0 amide bonds. The molecule has 0 saturated heterocycles. The Labute approximate surface area is 46.6 Å². The summed E-state index contributed by atoms with van der Waals surface area (Å²) in [5.41, 5.74) is 4.88. The fourth-order valence-electron chi connectivity index (χ4n) is 0.214. The monoisotopic (exact) mass is 121 g/mol. The Hall–Kier alpha value is -0.640. The van der Waals surface area contributed by atoms with E-state index in [0.717, 1.165) is 7.11 Å². The highest BCUT2D eigenvalue weighted by Gasteiger charge is 2.11. The summed E-state index contributed by atoms with van der Waals surface area (Å²) >= 11 is 0. The molecule has 0 aliphatic heterocycles. The normalized spacial score (nSPS) is 12.9. The van der Waals surface area contributed by atoms with Crippen LogP contribution in [-0.4, -0.2) is 25.8 Å². The Morgan fingerprint density at radius 3 is 2.62 bits per heavy atom. The van der Waals surface area contributed by atoms with Gasteiger partial charge in [-0.1, -0.05) is 0 Å². The highest BCUT2D eigenvalue weighted by Crippen LogP contribution is 1.82. The lowest BCUT2D eigenvalue weighted by Gasteiger charge is -2.01. The number of carbonyl (C=O) groups is 1. The van der Waals surface area contributed by atoms with Crippen LogP contribution < -0.4 is 5.73 Å². The number of hydrogen-bond acceptors (Lipinski definition) is 3. The van der Waals surface area contributed by atoms with Crippen LogP contribution in [0, 0.1) is 0 Å². The van der Waals surface area contributed by atoms with Crippen molar-refractivity contribution < 1.29 is 13.9 Å². The molecule has 0 heterocycles. The molecule has 0 unspecified atom stereocenters. The lowest BCUT2D eigenvalue weighted by molar-refractivity contribution is -0.142. The minimum absolute atomic E-state index is 0.715. The van der Waals surface area contributed by atoms with Crippen molar-refractivity contribution in [3.63, 3.8) is 0 Å². The maximum Gasteiger partial charge on any atom is 0.325 e. The Morgan fingerprint density at radius 2 is 2.50 bits per heavy atom. The van der Waals surface area contributed by atoms with Gasteiger partial charge in [0.05, 0.1) is 7.11 Å². The maximum atomic E-state index is 11.4. The number of ether oxygens (including phenoxy) is 1. The highest BCUT2D eigenvalue weighted by atomic mass is 19.1. The van der Waals surface area contributed by atoms with Gasteiger partial charge in [-0.3, -0.25) is 4.79 Å². The van der Waals surface area contributed by atoms with E-state index < -0.39 is 18.7 Å². The highest BCUT2D eigenvalue weighted by molar-refractivity contribution is 5.75. The Morgan fingerprint density at radius 1 is 2.00 bits per heavy atom. The minimum Gasteiger partial charge on any atom is -0.468 e. The summed E-state index contributed by atoms with van der Waals surface area (Å²) in [6.07, 6.45) is 0. The average molecular weight is 121 g/mol. The van der Waals surface area contributed by atoms with Crippen molar-refractivity contribution in [1.82, 2.24) is 0 Å². The number of halogens is 1. The van der Waals surface area contributed by atoms with Gasteiger partial charge in [0.15, 0.2) is 0 Å². The van der Waals surface area contributed by atoms with Gasteiger partial charge in [-0.15, -0.1) is 0 Å². The summed E-state index contributed by atoms with van der Waals surface area (Å²) in [5, 5.41) is 0. The molecule has 0 aromatic rings. The largest absolute Gasteiger partial charge is 0.468 e. The maximum absolute atomic E-state index is 11.4. The smallest absolute Gasteiger partial charge is 0.325 e. The van der Waals surface area contributed by atoms with Gasteiger partial charge in [0.1, 0.15) is 12.7 Å². The predicted octanol–water partition coefficient (Wildman–Crippen LogP) is -0.544. The van der Waals surface area contributed by atoms with Crippen LogP contribution in [0.5, 0.6) is 0 Å². The molecule has 0 aromatic heterocycles. The zero-order valence-electron chi connectivity index (χ0n) is 4.56. The van der Waals surface area contributed by atoms with Gasteiger partial charge < -0.3 is 10.5 Å². The second-order valence-electron chi connectivity index (χ2n) is 1.28. The predicted molar refractivity (Wildman–Crippen MR) is 26.0 cm³/mol. The Kier molecular flexibility index (Phi) is 3.10. The third-order valence-corrected chi connectivity index (χ3v) is 0.670. The number of carbonyl (C=O) groups excluding carboxylic acids is 1. The SMILES string of the molecule is COC(=O)[C@H](N)CF. The van der Waals surface area contributed by atoms with E-state index in [4.69, 9.17) is 5.73 Å². The topological polar surface area (TPSA) is 52.3 Å². The summed E-state index contributed by atoms with van der Waals surface area (Å²) in [4.78, 5) is 10.2. The van der Waals surface area contributed by atoms with Crippen LogP contribution in [0.1, 0.15) is 0 Å². The lowest BCUT2D eigenvalue weighted by Crippen LogP contribution is -2.33. The average Bonchev–Trinajstić information content (AvgIpc) is 1.84. The van der Waals surface area contributed by atoms with E-state index in [0.29, 0.717) is 0 Å². The van der Waals surface area contributed by atoms with Crippen molar-refractivity contribution in [2.45, 2.75) is 6.04 Å². The molecule has 2 N–H and O–H groups in total. The molecule has 0 saturated carbocycles. The molecule has 0 bridgehead atoms. The third kappa shape index (κ3) is 1.88. The van der Waals surface area contributed by atoms with Crippen LogP contribution in [0.25, 0.3) is 0 Å². The van der Waals surface area contributed by atoms with Gasteiger partial charge in [-0.2, -0.15) is 0 Å². The van der Waals surface area contributed by atoms with Crippen molar-refractivity contribution in [3.8, 4) is 0 Å². The summed E-state index contributed by atoms with van der Waals surface area (Å²) in [6, 6.07) is -1.11. The Bertz CT molecular complexity index is 86.1. The van der Waals surface area contributed by atoms with E-state index in [9.17, 15) is 9.18 Å². The minimum atomic E-state index is -1.11. The van der Waals surface area contributed by atoms with Crippen molar-refractivity contribution in [3.05, 3.63) is 0 Å². The first-order valence-electron chi connectivity index (χ1n) is 2.11. The van der Waals surface area contributed by atoms with E-state index in [1.165, 1.54) is 0 Å². The van der Waals surface area contributed by atoms with Gasteiger partial charge in [-0.05, 0) is 0 Å². The number of esters is 1. The molecule has 0 aliphatic rings. The van der Waals surface area contributed by atoms with E-state index in [-0.39, 0.29) is 0 Å². The molecule has 3 nitrogen and oxygen atoms in total. The van der Waals surface area contributed by atoms with Crippen molar-refractivity contribution >= 4 is 5.97 Å². The first kappa shape index (κ1) is 7.36. The number of hydrogen-bond donors (Lipinski definition) is 1. The Balaban J connectivity index is 3.46. The van der Waals surface area contributed by atoms with E-state index in [2.05, 4.69) is 4.74 Å². The van der Waals surface area contributed by atoms with Crippen molar-refractivity contribution in [2.24, 2.45) is 5.73 Å². The van der Waals surface area contributed by atoms with Crippen LogP contribution in [0.15, 0.2) is 0 Å². The second kappa shape index (κ2) is 3.37. The first-order chi connectivity index (χ1) is 3.72. The third-order valence-electron chi connectivity index (χ3n) is 0.670. The van der Waals surface area contributed by atoms with Gasteiger partial charge in [-0.25, -0.2) is 4.39 Å². The fraction of sp³-hybridized carbons (Fsp3) is 0.750. The lowest BCUT2D eigenvalue weighted by atomic mass is 10.4. The summed E-state index contributed by atoms with van der Waals surface area (Å²) in [6.45, 7) is -0.868. The molecule has 48 valence electrons. The molecule has 0 aromatic carbocycles. The van der Waals surface area contributed by atoms with Gasteiger partial charge >= 0.3 is 5.97 Å². The fourth-order valence-corrected chi connectivity index (χ4v) is 0.214. The molecular formula is C4H8FNO2. The van der Waals surface area contributed by atoms with Gasteiger partial charge in [0.25, 0.3) is 0 Å². The molecule has 4 heteroatoms. The van der Waals surface area contributed by atoms with Crippen LogP contribution in [-0.2, 0) is 9.53 Å². The number of rotatable bonds is 2. The van der Waals surface area contributed by atoms with Crippen LogP contribution in [0.4, 0.5) is 4.39 Å². The second-order valence-corrected chi connectivity index (χ2v) is 1.28. The summed E-state index contributed by atoms with van der Waals surface area (Å²) in [7, 11) is 1.16. The molecule has 0 rings (SSSR count).